The highest BCUT2D eigenvalue weighted by Crippen LogP contribution is 2.53. The van der Waals surface area contributed by atoms with Gasteiger partial charge in [-0.05, 0) is 59.4 Å². The van der Waals surface area contributed by atoms with Crippen molar-refractivity contribution in [2.75, 3.05) is 30.4 Å². The molecule has 6 heteroatoms. The molecule has 2 atom stereocenters. The number of carbonyl (C=O) groups excluding carboxylic acids is 1. The number of methoxy groups -OCH3 is 1. The van der Waals surface area contributed by atoms with Crippen molar-refractivity contribution in [3.05, 3.63) is 83.4 Å². The number of benzene rings is 1. The van der Waals surface area contributed by atoms with E-state index in [-0.39, 0.29) is 10.8 Å². The van der Waals surface area contributed by atoms with Crippen LogP contribution in [0, 0.1) is 0 Å². The highest BCUT2D eigenvalue weighted by molar-refractivity contribution is 5.87. The minimum atomic E-state index is -0.466. The van der Waals surface area contributed by atoms with Gasteiger partial charge >= 0.3 is 6.09 Å². The summed E-state index contributed by atoms with van der Waals surface area (Å²) >= 11 is 0. The Bertz CT molecular complexity index is 1070. The molecule has 164 valence electrons. The molecule has 0 unspecified atom stereocenters. The highest BCUT2D eigenvalue weighted by Gasteiger charge is 2.45. The third-order valence-electron chi connectivity index (χ3n) is 7.41. The van der Waals surface area contributed by atoms with Gasteiger partial charge in [0.1, 0.15) is 0 Å². The summed E-state index contributed by atoms with van der Waals surface area (Å²) in [5.74, 6) is 0. The zero-order chi connectivity index (χ0) is 22.3. The van der Waals surface area contributed by atoms with E-state index in [2.05, 4.69) is 58.3 Å². The minimum Gasteiger partial charge on any atom is -0.453 e. The quantitative estimate of drug-likeness (QED) is 0.644. The molecule has 32 heavy (non-hydrogen) atoms. The van der Waals surface area contributed by atoms with Crippen molar-refractivity contribution < 1.29 is 9.53 Å². The molecule has 2 aliphatic rings. The van der Waals surface area contributed by atoms with Gasteiger partial charge in [-0.15, -0.1) is 0 Å². The molecule has 1 aromatic carbocycles. The molecule has 4 heterocycles. The van der Waals surface area contributed by atoms with E-state index in [0.717, 1.165) is 31.6 Å². The first-order valence-corrected chi connectivity index (χ1v) is 11.1. The van der Waals surface area contributed by atoms with Gasteiger partial charge in [0.25, 0.3) is 0 Å². The lowest BCUT2D eigenvalue weighted by atomic mass is 9.64. The molecule has 2 aromatic heterocycles. The number of rotatable bonds is 3. The standard InChI is InChI=1S/C26H28N4O2/c1-25(18-6-4-10-27-16-18)8-12-30-13-9-26(2,19-7-5-11-28-17-19)22-15-20(29-24(31)32-3)14-21(25)23(22)30/h4-7,10-11,14-17H,8-9,12-13H2,1-3H3,(H,29,31)/t25-,26-/m0/s1. The largest absolute Gasteiger partial charge is 0.453 e. The number of amides is 1. The summed E-state index contributed by atoms with van der Waals surface area (Å²) in [7, 11) is 1.39. The summed E-state index contributed by atoms with van der Waals surface area (Å²) in [4.78, 5) is 23.4. The fourth-order valence-electron chi connectivity index (χ4n) is 5.36. The Hall–Kier alpha value is -3.41. The predicted molar refractivity (Wildman–Crippen MR) is 125 cm³/mol. The van der Waals surface area contributed by atoms with Crippen LogP contribution in [0.5, 0.6) is 0 Å². The number of nitrogens with zero attached hydrogens (tertiary/aromatic N) is 3. The first-order chi connectivity index (χ1) is 15.5. The maximum Gasteiger partial charge on any atom is 0.411 e. The molecule has 6 nitrogen and oxygen atoms in total. The van der Waals surface area contributed by atoms with Crippen LogP contribution in [0.3, 0.4) is 0 Å². The predicted octanol–water partition coefficient (Wildman–Crippen LogP) is 4.88. The Morgan fingerprint density at radius 1 is 0.969 bits per heavy atom. The molecule has 0 aliphatic carbocycles. The van der Waals surface area contributed by atoms with Gasteiger partial charge in [-0.3, -0.25) is 15.3 Å². The van der Waals surface area contributed by atoms with E-state index >= 15 is 0 Å². The van der Waals surface area contributed by atoms with Crippen LogP contribution in [0.15, 0.2) is 61.2 Å². The Morgan fingerprint density at radius 2 is 1.50 bits per heavy atom. The van der Waals surface area contributed by atoms with Crippen LogP contribution >= 0.6 is 0 Å². The van der Waals surface area contributed by atoms with Gasteiger partial charge in [0.2, 0.25) is 0 Å². The Balaban J connectivity index is 1.77. The molecule has 0 radical (unpaired) electrons. The van der Waals surface area contributed by atoms with Crippen molar-refractivity contribution in [2.45, 2.75) is 37.5 Å². The SMILES string of the molecule is COC(=O)Nc1cc2c3c(c1)[C@](C)(c1cccnc1)CCN3CC[C@@]2(C)c1cccnc1. The number of carbonyl (C=O) groups is 1. The third-order valence-corrected chi connectivity index (χ3v) is 7.41. The summed E-state index contributed by atoms with van der Waals surface area (Å²) in [6.45, 7) is 6.54. The number of nitrogens with one attached hydrogen (secondary N) is 1. The van der Waals surface area contributed by atoms with Crippen LogP contribution in [0.4, 0.5) is 16.2 Å². The van der Waals surface area contributed by atoms with Crippen molar-refractivity contribution >= 4 is 17.5 Å². The van der Waals surface area contributed by atoms with Crippen molar-refractivity contribution in [1.29, 1.82) is 0 Å². The molecule has 1 amide bonds. The topological polar surface area (TPSA) is 67.3 Å². The fourth-order valence-corrected chi connectivity index (χ4v) is 5.36. The fraction of sp³-hybridized carbons (Fsp3) is 0.346. The number of hydrogen-bond acceptors (Lipinski definition) is 5. The van der Waals surface area contributed by atoms with Crippen molar-refractivity contribution in [2.24, 2.45) is 0 Å². The van der Waals surface area contributed by atoms with Gasteiger partial charge in [0.15, 0.2) is 0 Å². The van der Waals surface area contributed by atoms with Crippen molar-refractivity contribution in [1.82, 2.24) is 9.97 Å². The molecule has 2 aliphatic heterocycles. The molecule has 0 fully saturated rings. The molecule has 0 bridgehead atoms. The Labute approximate surface area is 188 Å². The van der Waals surface area contributed by atoms with Crippen LogP contribution in [0.1, 0.15) is 48.9 Å². The number of hydrogen-bond donors (Lipinski definition) is 1. The highest BCUT2D eigenvalue weighted by atomic mass is 16.5. The summed E-state index contributed by atoms with van der Waals surface area (Å²) in [6, 6.07) is 12.5. The molecule has 3 aromatic rings. The smallest absolute Gasteiger partial charge is 0.411 e. The lowest BCUT2D eigenvalue weighted by Crippen LogP contribution is -2.47. The first-order valence-electron chi connectivity index (χ1n) is 11.1. The average Bonchev–Trinajstić information content (AvgIpc) is 2.84. The summed E-state index contributed by atoms with van der Waals surface area (Å²) in [5, 5.41) is 2.92. The second-order valence-electron chi connectivity index (χ2n) is 9.17. The van der Waals surface area contributed by atoms with Gasteiger partial charge in [-0.2, -0.15) is 0 Å². The number of ether oxygens (including phenoxy) is 1. The maximum atomic E-state index is 12.1. The second-order valence-corrected chi connectivity index (χ2v) is 9.17. The van der Waals surface area contributed by atoms with E-state index in [1.165, 1.54) is 35.1 Å². The van der Waals surface area contributed by atoms with E-state index in [1.54, 1.807) is 0 Å². The lowest BCUT2D eigenvalue weighted by molar-refractivity contribution is 0.187. The summed E-state index contributed by atoms with van der Waals surface area (Å²) < 4.78 is 4.90. The van der Waals surface area contributed by atoms with Gasteiger partial charge in [0, 0.05) is 60.1 Å². The lowest BCUT2D eigenvalue weighted by Gasteiger charge is -2.50. The zero-order valence-electron chi connectivity index (χ0n) is 18.8. The Morgan fingerprint density at radius 3 is 1.94 bits per heavy atom. The van der Waals surface area contributed by atoms with E-state index in [4.69, 9.17) is 4.74 Å². The van der Waals surface area contributed by atoms with Gasteiger partial charge in [-0.25, -0.2) is 4.79 Å². The zero-order valence-corrected chi connectivity index (χ0v) is 18.8. The molecule has 0 saturated carbocycles. The van der Waals surface area contributed by atoms with E-state index in [9.17, 15) is 4.79 Å². The normalized spacial score (nSPS) is 23.9. The van der Waals surface area contributed by atoms with Gasteiger partial charge in [0.05, 0.1) is 7.11 Å². The molecule has 5 rings (SSSR count). The van der Waals surface area contributed by atoms with Crippen LogP contribution in [-0.4, -0.2) is 36.3 Å². The minimum absolute atomic E-state index is 0.212. The maximum absolute atomic E-state index is 12.1. The van der Waals surface area contributed by atoms with E-state index in [1.807, 2.05) is 36.9 Å². The van der Waals surface area contributed by atoms with E-state index < -0.39 is 6.09 Å². The molecule has 0 saturated heterocycles. The summed E-state index contributed by atoms with van der Waals surface area (Å²) in [5.41, 5.74) is 6.41. The molecule has 1 N–H and O–H groups in total. The van der Waals surface area contributed by atoms with Gasteiger partial charge in [-0.1, -0.05) is 26.0 Å². The third kappa shape index (κ3) is 3.13. The molecular formula is C26H28N4O2. The van der Waals surface area contributed by atoms with E-state index in [0.29, 0.717) is 0 Å². The van der Waals surface area contributed by atoms with Crippen molar-refractivity contribution in [3.63, 3.8) is 0 Å². The average molecular weight is 429 g/mol. The monoisotopic (exact) mass is 428 g/mol. The number of anilines is 2. The molecular weight excluding hydrogens is 400 g/mol. The first kappa shape index (κ1) is 20.5. The number of pyridine rings is 2. The Kier molecular flexibility index (Phi) is 4.88. The van der Waals surface area contributed by atoms with Gasteiger partial charge < -0.3 is 9.64 Å². The second kappa shape index (κ2) is 7.62. The van der Waals surface area contributed by atoms with Crippen LogP contribution in [0.25, 0.3) is 0 Å². The van der Waals surface area contributed by atoms with Crippen molar-refractivity contribution in [3.8, 4) is 0 Å². The molecule has 0 spiro atoms. The van der Waals surface area contributed by atoms with Crippen LogP contribution in [-0.2, 0) is 15.6 Å². The van der Waals surface area contributed by atoms with Crippen LogP contribution in [0.2, 0.25) is 0 Å². The van der Waals surface area contributed by atoms with Crippen LogP contribution < -0.4 is 10.2 Å². The summed E-state index contributed by atoms with van der Waals surface area (Å²) in [6.07, 6.45) is 9.05. The number of aromatic nitrogens is 2.